The predicted molar refractivity (Wildman–Crippen MR) is 85.0 cm³/mol. The highest BCUT2D eigenvalue weighted by Crippen LogP contribution is 2.24. The van der Waals surface area contributed by atoms with Crippen LogP contribution in [0, 0.1) is 6.92 Å². The zero-order valence-electron chi connectivity index (χ0n) is 12.3. The molecule has 0 aliphatic rings. The van der Waals surface area contributed by atoms with Crippen molar-refractivity contribution < 1.29 is 4.79 Å². The number of thiazole rings is 1. The van der Waals surface area contributed by atoms with Gasteiger partial charge in [-0.3, -0.25) is 0 Å². The number of fused-ring (bicyclic) bond motifs is 1. The summed E-state index contributed by atoms with van der Waals surface area (Å²) in [6.45, 7) is 6.24. The Morgan fingerprint density at radius 1 is 1.30 bits per heavy atom. The summed E-state index contributed by atoms with van der Waals surface area (Å²) in [5.41, 5.74) is 1.76. The Morgan fingerprint density at radius 2 is 2.00 bits per heavy atom. The molecule has 2 heterocycles. The second-order valence-corrected chi connectivity index (χ2v) is 6.18. The van der Waals surface area contributed by atoms with Gasteiger partial charge >= 0.3 is 0 Å². The van der Waals surface area contributed by atoms with E-state index >= 15 is 0 Å². The van der Waals surface area contributed by atoms with Crippen LogP contribution in [0.5, 0.6) is 0 Å². The van der Waals surface area contributed by atoms with Gasteiger partial charge in [-0.1, -0.05) is 56.7 Å². The minimum absolute atomic E-state index is 0.152. The minimum Gasteiger partial charge on any atom is -0.304 e. The first kappa shape index (κ1) is 15.1. The smallest absolute Gasteiger partial charge is 0.218 e. The first-order valence-corrected chi connectivity index (χ1v) is 8.08. The highest BCUT2D eigenvalue weighted by atomic mass is 32.1. The largest absolute Gasteiger partial charge is 0.304 e. The molecule has 2 aromatic rings. The van der Waals surface area contributed by atoms with Gasteiger partial charge in [0.05, 0.1) is 5.69 Å². The molecule has 0 fully saturated rings. The summed E-state index contributed by atoms with van der Waals surface area (Å²) < 4.78 is 0. The molecule has 4 nitrogen and oxygen atoms in total. The summed E-state index contributed by atoms with van der Waals surface area (Å²) in [4.78, 5) is 25.9. The van der Waals surface area contributed by atoms with E-state index in [9.17, 15) is 4.79 Å². The van der Waals surface area contributed by atoms with Gasteiger partial charge in [-0.15, -0.1) is 0 Å². The van der Waals surface area contributed by atoms with Crippen molar-refractivity contribution in [3.8, 4) is 0 Å². The molecule has 6 heteroatoms. The molecule has 0 N–H and O–H groups in total. The Labute approximate surface area is 124 Å². The van der Waals surface area contributed by atoms with E-state index in [1.807, 2.05) is 6.92 Å². The third kappa shape index (κ3) is 3.42. The Morgan fingerprint density at radius 3 is 2.60 bits per heavy atom. The number of hydrogen-bond donors (Lipinski definition) is 0. The summed E-state index contributed by atoms with van der Waals surface area (Å²) in [7, 11) is 0.605. The molecule has 0 saturated carbocycles. The minimum atomic E-state index is 0.152. The van der Waals surface area contributed by atoms with Gasteiger partial charge in [-0.05, 0) is 6.92 Å². The third-order valence-electron chi connectivity index (χ3n) is 3.48. The summed E-state index contributed by atoms with van der Waals surface area (Å²) >= 11 is 1.39. The molecule has 0 atom stereocenters. The number of nitrogens with zero attached hydrogens (tertiary/aromatic N) is 3. The van der Waals surface area contributed by atoms with Crippen LogP contribution in [0.25, 0.3) is 10.3 Å². The Kier molecular flexibility index (Phi) is 5.23. The van der Waals surface area contributed by atoms with Crippen LogP contribution in [-0.2, 0) is 0 Å². The van der Waals surface area contributed by atoms with Crippen molar-refractivity contribution in [2.24, 2.45) is 0 Å². The fourth-order valence-electron chi connectivity index (χ4n) is 2.50. The number of rotatable bonds is 7. The number of hydrogen-bond acceptors (Lipinski definition) is 5. The maximum atomic E-state index is 12.4. The van der Waals surface area contributed by atoms with Crippen LogP contribution in [0.2, 0.25) is 5.82 Å². The summed E-state index contributed by atoms with van der Waals surface area (Å²) in [5.74, 6) is 0.483. The molecule has 0 aromatic carbocycles. The second kappa shape index (κ2) is 6.93. The van der Waals surface area contributed by atoms with E-state index in [1.54, 1.807) is 0 Å². The van der Waals surface area contributed by atoms with Gasteiger partial charge in [-0.2, -0.15) is 0 Å². The van der Waals surface area contributed by atoms with Crippen molar-refractivity contribution in [2.45, 2.75) is 52.3 Å². The molecule has 0 aliphatic carbocycles. The van der Waals surface area contributed by atoms with Gasteiger partial charge < -0.3 is 4.79 Å². The van der Waals surface area contributed by atoms with Crippen LogP contribution >= 0.6 is 11.3 Å². The van der Waals surface area contributed by atoms with Crippen LogP contribution < -0.4 is 0 Å². The topological polar surface area (TPSA) is 55.7 Å². The number of carbonyl (C=O) groups excluding carboxylic acids is 1. The van der Waals surface area contributed by atoms with E-state index in [0.717, 1.165) is 41.7 Å². The van der Waals surface area contributed by atoms with Gasteiger partial charge in [0.1, 0.15) is 22.4 Å². The molecule has 2 rings (SSSR count). The van der Waals surface area contributed by atoms with Gasteiger partial charge in [0.15, 0.2) is 5.01 Å². The highest BCUT2D eigenvalue weighted by molar-refractivity contribution is 7.21. The number of aryl methyl sites for hydroxylation is 1. The van der Waals surface area contributed by atoms with E-state index in [1.165, 1.54) is 17.7 Å². The standard InChI is InChI=1S/C14H20BN3OS/c1-4-6-10(7-5-2)15-12(19)14-18-11-9(3)16-8-17-13(11)20-14/h8,10,15H,4-7H2,1-3H3. The van der Waals surface area contributed by atoms with Gasteiger partial charge in [-0.25, -0.2) is 15.0 Å². The van der Waals surface area contributed by atoms with Gasteiger partial charge in [0, 0.05) is 0 Å². The lowest BCUT2D eigenvalue weighted by Crippen LogP contribution is -2.15. The van der Waals surface area contributed by atoms with Crippen molar-refractivity contribution in [1.82, 2.24) is 15.0 Å². The monoisotopic (exact) mass is 289 g/mol. The molecule has 0 bridgehead atoms. The van der Waals surface area contributed by atoms with Crippen molar-refractivity contribution in [2.75, 3.05) is 0 Å². The molecule has 0 amide bonds. The van der Waals surface area contributed by atoms with Gasteiger partial charge in [0.25, 0.3) is 0 Å². The van der Waals surface area contributed by atoms with Crippen molar-refractivity contribution in [3.05, 3.63) is 17.0 Å². The Balaban J connectivity index is 2.16. The summed E-state index contributed by atoms with van der Waals surface area (Å²) in [5, 5.41) is 0.584. The average molecular weight is 289 g/mol. The Bertz CT molecular complexity index is 593. The SMILES string of the molecule is CCCC(BC(=O)c1nc2c(C)ncnc2s1)CCC. The molecule has 0 aliphatic heterocycles. The first-order valence-electron chi connectivity index (χ1n) is 7.27. The molecular weight excluding hydrogens is 269 g/mol. The van der Waals surface area contributed by atoms with Crippen LogP contribution in [0.15, 0.2) is 6.33 Å². The fourth-order valence-corrected chi connectivity index (χ4v) is 3.41. The lowest BCUT2D eigenvalue weighted by atomic mass is 9.58. The lowest BCUT2D eigenvalue weighted by molar-refractivity contribution is 0.107. The van der Waals surface area contributed by atoms with Crippen molar-refractivity contribution in [3.63, 3.8) is 0 Å². The summed E-state index contributed by atoms with van der Waals surface area (Å²) in [6.07, 6.45) is 6.01. The normalized spacial score (nSPS) is 11.2. The van der Waals surface area contributed by atoms with E-state index in [0.29, 0.717) is 18.1 Å². The molecule has 2 aromatic heterocycles. The van der Waals surface area contributed by atoms with Crippen molar-refractivity contribution in [1.29, 1.82) is 0 Å². The Hall–Kier alpha value is -1.30. The quantitative estimate of drug-likeness (QED) is 0.733. The maximum absolute atomic E-state index is 12.4. The van der Waals surface area contributed by atoms with E-state index in [-0.39, 0.29) is 5.68 Å². The highest BCUT2D eigenvalue weighted by Gasteiger charge is 2.20. The third-order valence-corrected chi connectivity index (χ3v) is 4.49. The zero-order chi connectivity index (χ0) is 14.5. The maximum Gasteiger partial charge on any atom is 0.218 e. The molecule has 0 saturated heterocycles. The first-order chi connectivity index (χ1) is 9.65. The second-order valence-electron chi connectivity index (χ2n) is 5.20. The van der Waals surface area contributed by atoms with Gasteiger partial charge in [0.2, 0.25) is 7.28 Å². The molecule has 0 radical (unpaired) electrons. The number of aromatic nitrogens is 3. The van der Waals surface area contributed by atoms with E-state index < -0.39 is 0 Å². The predicted octanol–water partition coefficient (Wildman–Crippen LogP) is 3.36. The molecule has 0 spiro atoms. The van der Waals surface area contributed by atoms with Crippen LogP contribution in [0.1, 0.15) is 55.0 Å². The molecular formula is C14H20BN3OS. The van der Waals surface area contributed by atoms with Crippen molar-refractivity contribution >= 4 is 34.6 Å². The van der Waals surface area contributed by atoms with Crippen LogP contribution in [0.4, 0.5) is 0 Å². The lowest BCUT2D eigenvalue weighted by Gasteiger charge is -2.11. The average Bonchev–Trinajstić information content (AvgIpc) is 2.85. The van der Waals surface area contributed by atoms with Crippen LogP contribution in [-0.4, -0.2) is 27.9 Å². The fraction of sp³-hybridized carbons (Fsp3) is 0.571. The zero-order valence-corrected chi connectivity index (χ0v) is 13.2. The molecule has 20 heavy (non-hydrogen) atoms. The number of carbonyl (C=O) groups is 1. The van der Waals surface area contributed by atoms with E-state index in [4.69, 9.17) is 0 Å². The molecule has 0 unspecified atom stereocenters. The summed E-state index contributed by atoms with van der Waals surface area (Å²) in [6, 6.07) is 0. The van der Waals surface area contributed by atoms with Crippen LogP contribution in [0.3, 0.4) is 0 Å². The molecule has 106 valence electrons. The van der Waals surface area contributed by atoms with E-state index in [2.05, 4.69) is 28.8 Å².